The number of hydrogen-bond acceptors (Lipinski definition) is 4. The largest absolute Gasteiger partial charge is 0.477 e. The SMILES string of the molecule is CC(CSc1ccccc1)=C(C(=O)O)N1CC(N)C1=O. The van der Waals surface area contributed by atoms with Gasteiger partial charge in [0.2, 0.25) is 5.91 Å². The Balaban J connectivity index is 2.10. The maximum Gasteiger partial charge on any atom is 0.352 e. The van der Waals surface area contributed by atoms with Gasteiger partial charge in [-0.05, 0) is 24.6 Å². The van der Waals surface area contributed by atoms with Crippen LogP contribution in [0, 0.1) is 0 Å². The number of aliphatic carboxylic acids is 1. The van der Waals surface area contributed by atoms with E-state index in [1.165, 1.54) is 16.7 Å². The van der Waals surface area contributed by atoms with E-state index in [0.717, 1.165) is 4.90 Å². The molecule has 106 valence electrons. The molecule has 0 radical (unpaired) electrons. The van der Waals surface area contributed by atoms with Gasteiger partial charge in [-0.3, -0.25) is 4.79 Å². The molecule has 1 aliphatic rings. The Morgan fingerprint density at radius 1 is 1.45 bits per heavy atom. The Kier molecular flexibility index (Phi) is 4.46. The zero-order valence-corrected chi connectivity index (χ0v) is 11.9. The maximum absolute atomic E-state index is 11.6. The molecule has 1 atom stereocenters. The first-order chi connectivity index (χ1) is 9.50. The molecule has 5 nitrogen and oxygen atoms in total. The lowest BCUT2D eigenvalue weighted by molar-refractivity contribution is -0.146. The number of amides is 1. The summed E-state index contributed by atoms with van der Waals surface area (Å²) in [5.74, 6) is -0.895. The normalized spacial score (nSPS) is 19.4. The second-order valence-corrected chi connectivity index (χ2v) is 5.64. The average Bonchev–Trinajstić information content (AvgIpc) is 2.45. The predicted molar refractivity (Wildman–Crippen MR) is 77.2 cm³/mol. The molecular formula is C14H16N2O3S. The van der Waals surface area contributed by atoms with Gasteiger partial charge in [0.05, 0.1) is 6.54 Å². The summed E-state index contributed by atoms with van der Waals surface area (Å²) in [6.07, 6.45) is 0. The molecule has 0 aliphatic carbocycles. The minimum atomic E-state index is -1.09. The van der Waals surface area contributed by atoms with Crippen LogP contribution in [-0.2, 0) is 9.59 Å². The van der Waals surface area contributed by atoms with Crippen LogP contribution in [0.15, 0.2) is 46.5 Å². The average molecular weight is 292 g/mol. The van der Waals surface area contributed by atoms with Crippen molar-refractivity contribution in [2.24, 2.45) is 5.73 Å². The van der Waals surface area contributed by atoms with E-state index in [0.29, 0.717) is 11.3 Å². The fourth-order valence-electron chi connectivity index (χ4n) is 1.96. The minimum Gasteiger partial charge on any atom is -0.477 e. The Morgan fingerprint density at radius 3 is 2.60 bits per heavy atom. The van der Waals surface area contributed by atoms with Crippen LogP contribution in [0.1, 0.15) is 6.92 Å². The number of carboxylic acid groups (broad SMARTS) is 1. The molecule has 1 aromatic carbocycles. The summed E-state index contributed by atoms with van der Waals surface area (Å²) in [7, 11) is 0. The molecule has 20 heavy (non-hydrogen) atoms. The van der Waals surface area contributed by atoms with Crippen molar-refractivity contribution < 1.29 is 14.7 Å². The van der Waals surface area contributed by atoms with E-state index in [-0.39, 0.29) is 18.1 Å². The lowest BCUT2D eigenvalue weighted by Gasteiger charge is -2.37. The topological polar surface area (TPSA) is 83.6 Å². The van der Waals surface area contributed by atoms with Gasteiger partial charge in [-0.2, -0.15) is 0 Å². The van der Waals surface area contributed by atoms with Crippen LogP contribution >= 0.6 is 11.8 Å². The lowest BCUT2D eigenvalue weighted by Crippen LogP contribution is -2.61. The van der Waals surface area contributed by atoms with Crippen LogP contribution in [0.25, 0.3) is 0 Å². The Bertz CT molecular complexity index is 557. The van der Waals surface area contributed by atoms with Gasteiger partial charge in [0, 0.05) is 10.6 Å². The molecule has 1 aliphatic heterocycles. The van der Waals surface area contributed by atoms with Crippen LogP contribution in [0.5, 0.6) is 0 Å². The smallest absolute Gasteiger partial charge is 0.352 e. The van der Waals surface area contributed by atoms with Crippen LogP contribution in [0.2, 0.25) is 0 Å². The van der Waals surface area contributed by atoms with Crippen molar-refractivity contribution >= 4 is 23.6 Å². The highest BCUT2D eigenvalue weighted by molar-refractivity contribution is 7.99. The number of nitrogens with two attached hydrogens (primary N) is 1. The number of nitrogens with zero attached hydrogens (tertiary/aromatic N) is 1. The standard InChI is InChI=1S/C14H16N2O3S/c1-9(8-20-10-5-3-2-4-6-10)12(14(18)19)16-7-11(15)13(16)17/h2-6,11H,7-8,15H2,1H3,(H,18,19). The first-order valence-corrected chi connectivity index (χ1v) is 7.17. The molecule has 1 fully saturated rings. The summed E-state index contributed by atoms with van der Waals surface area (Å²) in [5.41, 5.74) is 6.22. The van der Waals surface area contributed by atoms with Gasteiger partial charge < -0.3 is 15.7 Å². The van der Waals surface area contributed by atoms with Crippen LogP contribution < -0.4 is 5.73 Å². The number of carboxylic acids is 1. The first-order valence-electron chi connectivity index (χ1n) is 6.18. The van der Waals surface area contributed by atoms with Gasteiger partial charge in [-0.25, -0.2) is 4.79 Å². The third-order valence-electron chi connectivity index (χ3n) is 3.04. The van der Waals surface area contributed by atoms with Crippen molar-refractivity contribution in [3.63, 3.8) is 0 Å². The summed E-state index contributed by atoms with van der Waals surface area (Å²) in [6, 6.07) is 9.13. The highest BCUT2D eigenvalue weighted by atomic mass is 32.2. The van der Waals surface area contributed by atoms with Crippen molar-refractivity contribution in [3.8, 4) is 0 Å². The number of carbonyl (C=O) groups excluding carboxylic acids is 1. The van der Waals surface area contributed by atoms with Gasteiger partial charge >= 0.3 is 5.97 Å². The molecule has 1 heterocycles. The number of hydrogen-bond donors (Lipinski definition) is 2. The van der Waals surface area contributed by atoms with Crippen LogP contribution in [-0.4, -0.2) is 40.2 Å². The van der Waals surface area contributed by atoms with E-state index in [9.17, 15) is 14.7 Å². The van der Waals surface area contributed by atoms with Gasteiger partial charge in [0.25, 0.3) is 0 Å². The third-order valence-corrected chi connectivity index (χ3v) is 4.22. The molecule has 3 N–H and O–H groups in total. The fraction of sp³-hybridized carbons (Fsp3) is 0.286. The van der Waals surface area contributed by atoms with Crippen molar-refractivity contribution in [2.45, 2.75) is 17.9 Å². The van der Waals surface area contributed by atoms with Crippen molar-refractivity contribution in [3.05, 3.63) is 41.6 Å². The summed E-state index contributed by atoms with van der Waals surface area (Å²) in [4.78, 5) is 25.2. The first kappa shape index (κ1) is 14.6. The van der Waals surface area contributed by atoms with E-state index in [2.05, 4.69) is 0 Å². The lowest BCUT2D eigenvalue weighted by atomic mass is 10.1. The highest BCUT2D eigenvalue weighted by Crippen LogP contribution is 2.25. The zero-order chi connectivity index (χ0) is 14.7. The van der Waals surface area contributed by atoms with Crippen molar-refractivity contribution in [2.75, 3.05) is 12.3 Å². The molecular weight excluding hydrogens is 276 g/mol. The minimum absolute atomic E-state index is 0.0557. The Labute approximate surface area is 121 Å². The zero-order valence-electron chi connectivity index (χ0n) is 11.1. The van der Waals surface area contributed by atoms with Gasteiger partial charge in [0.15, 0.2) is 0 Å². The monoisotopic (exact) mass is 292 g/mol. The van der Waals surface area contributed by atoms with Crippen LogP contribution in [0.3, 0.4) is 0 Å². The van der Waals surface area contributed by atoms with Gasteiger partial charge in [0.1, 0.15) is 11.7 Å². The molecule has 0 bridgehead atoms. The molecule has 0 saturated carbocycles. The Hall–Kier alpha value is -1.79. The molecule has 1 amide bonds. The molecule has 1 saturated heterocycles. The molecule has 1 unspecified atom stereocenters. The predicted octanol–water partition coefficient (Wildman–Crippen LogP) is 1.31. The summed E-state index contributed by atoms with van der Waals surface area (Å²) >= 11 is 1.54. The number of likely N-dealkylation sites (tertiary alicyclic amines) is 1. The van der Waals surface area contributed by atoms with Crippen molar-refractivity contribution in [1.29, 1.82) is 0 Å². The molecule has 2 rings (SSSR count). The van der Waals surface area contributed by atoms with E-state index in [1.807, 2.05) is 30.3 Å². The third kappa shape index (κ3) is 3.02. The number of thioether (sulfide) groups is 1. The van der Waals surface area contributed by atoms with E-state index >= 15 is 0 Å². The number of carbonyl (C=O) groups is 2. The second-order valence-electron chi connectivity index (χ2n) is 4.59. The van der Waals surface area contributed by atoms with E-state index in [1.54, 1.807) is 6.92 Å². The van der Waals surface area contributed by atoms with Crippen molar-refractivity contribution in [1.82, 2.24) is 4.90 Å². The molecule has 6 heteroatoms. The van der Waals surface area contributed by atoms with Crippen LogP contribution in [0.4, 0.5) is 0 Å². The molecule has 0 spiro atoms. The highest BCUT2D eigenvalue weighted by Gasteiger charge is 2.39. The number of β-lactam (4-membered cyclic amide) rings is 1. The van der Waals surface area contributed by atoms with E-state index < -0.39 is 12.0 Å². The Morgan fingerprint density at radius 2 is 2.10 bits per heavy atom. The molecule has 1 aromatic rings. The molecule has 0 aromatic heterocycles. The number of benzene rings is 1. The quantitative estimate of drug-likeness (QED) is 0.485. The summed E-state index contributed by atoms with van der Waals surface area (Å²) in [6.45, 7) is 2.00. The number of rotatable bonds is 5. The maximum atomic E-state index is 11.6. The second kappa shape index (κ2) is 6.11. The van der Waals surface area contributed by atoms with Gasteiger partial charge in [-0.1, -0.05) is 18.2 Å². The summed E-state index contributed by atoms with van der Waals surface area (Å²) in [5, 5.41) is 9.28. The summed E-state index contributed by atoms with van der Waals surface area (Å²) < 4.78 is 0. The fourth-order valence-corrected chi connectivity index (χ4v) is 2.83. The van der Waals surface area contributed by atoms with Gasteiger partial charge in [-0.15, -0.1) is 11.8 Å². The van der Waals surface area contributed by atoms with E-state index in [4.69, 9.17) is 5.73 Å².